The molecule has 3 nitrogen and oxygen atoms in total. The second-order valence-corrected chi connectivity index (χ2v) is 6.57. The van der Waals surface area contributed by atoms with Gasteiger partial charge in [0, 0.05) is 45.3 Å². The van der Waals surface area contributed by atoms with Gasteiger partial charge in [-0.1, -0.05) is 18.2 Å². The summed E-state index contributed by atoms with van der Waals surface area (Å²) in [6.07, 6.45) is 4.07. The number of fused-ring (bicyclic) bond motifs is 1. The van der Waals surface area contributed by atoms with Crippen molar-refractivity contribution >= 4 is 0 Å². The average Bonchev–Trinajstić information content (AvgIpc) is 3.33. The molecule has 0 atom stereocenters. The number of nitrogens with one attached hydrogen (secondary N) is 1. The van der Waals surface area contributed by atoms with Crippen LogP contribution in [0.2, 0.25) is 0 Å². The van der Waals surface area contributed by atoms with E-state index in [1.807, 2.05) is 0 Å². The van der Waals surface area contributed by atoms with Crippen LogP contribution in [0.1, 0.15) is 29.5 Å². The van der Waals surface area contributed by atoms with Gasteiger partial charge in [-0.05, 0) is 42.5 Å². The molecule has 4 rings (SSSR count). The van der Waals surface area contributed by atoms with Crippen LogP contribution in [0.15, 0.2) is 18.2 Å². The summed E-state index contributed by atoms with van der Waals surface area (Å²) < 4.78 is 0. The maximum Gasteiger partial charge on any atom is 0.0234 e. The SMILES string of the molecule is c1cc2c(cc1CN1CCN(C3CC3)CC1)CNCC2. The highest BCUT2D eigenvalue weighted by Crippen LogP contribution is 2.27. The number of hydrogen-bond acceptors (Lipinski definition) is 3. The molecule has 20 heavy (non-hydrogen) atoms. The fourth-order valence-electron chi connectivity index (χ4n) is 3.62. The molecule has 1 aromatic rings. The summed E-state index contributed by atoms with van der Waals surface area (Å²) >= 11 is 0. The van der Waals surface area contributed by atoms with Crippen LogP contribution in [0.4, 0.5) is 0 Å². The minimum atomic E-state index is 0.937. The molecule has 0 amide bonds. The van der Waals surface area contributed by atoms with Crippen LogP contribution in [-0.4, -0.2) is 48.6 Å². The number of rotatable bonds is 3. The Morgan fingerprint density at radius 2 is 1.90 bits per heavy atom. The lowest BCUT2D eigenvalue weighted by Crippen LogP contribution is -2.46. The molecular weight excluding hydrogens is 246 g/mol. The molecule has 0 unspecified atom stereocenters. The largest absolute Gasteiger partial charge is 0.312 e. The Morgan fingerprint density at radius 3 is 2.70 bits per heavy atom. The molecule has 2 aliphatic heterocycles. The fourth-order valence-corrected chi connectivity index (χ4v) is 3.62. The zero-order valence-corrected chi connectivity index (χ0v) is 12.3. The predicted molar refractivity (Wildman–Crippen MR) is 81.7 cm³/mol. The van der Waals surface area contributed by atoms with E-state index in [-0.39, 0.29) is 0 Å². The summed E-state index contributed by atoms with van der Waals surface area (Å²) in [6, 6.07) is 8.06. The Bertz CT molecular complexity index is 473. The molecule has 1 saturated heterocycles. The van der Waals surface area contributed by atoms with Crippen LogP contribution in [0.3, 0.4) is 0 Å². The maximum absolute atomic E-state index is 3.48. The number of hydrogen-bond donors (Lipinski definition) is 1. The van der Waals surface area contributed by atoms with Gasteiger partial charge >= 0.3 is 0 Å². The fraction of sp³-hybridized carbons (Fsp3) is 0.647. The van der Waals surface area contributed by atoms with Gasteiger partial charge in [-0.3, -0.25) is 9.80 Å². The van der Waals surface area contributed by atoms with Gasteiger partial charge in [0.2, 0.25) is 0 Å². The van der Waals surface area contributed by atoms with Gasteiger partial charge in [0.15, 0.2) is 0 Å². The second kappa shape index (κ2) is 5.47. The van der Waals surface area contributed by atoms with Crippen molar-refractivity contribution in [3.63, 3.8) is 0 Å². The van der Waals surface area contributed by atoms with E-state index in [0.29, 0.717) is 0 Å². The van der Waals surface area contributed by atoms with Gasteiger partial charge in [0.05, 0.1) is 0 Å². The molecule has 1 aromatic carbocycles. The number of benzene rings is 1. The van der Waals surface area contributed by atoms with E-state index in [9.17, 15) is 0 Å². The minimum Gasteiger partial charge on any atom is -0.312 e. The van der Waals surface area contributed by atoms with Crippen LogP contribution in [0, 0.1) is 0 Å². The third kappa shape index (κ3) is 2.76. The van der Waals surface area contributed by atoms with Crippen molar-refractivity contribution in [1.82, 2.24) is 15.1 Å². The van der Waals surface area contributed by atoms with Crippen LogP contribution in [-0.2, 0) is 19.5 Å². The first-order valence-corrected chi connectivity index (χ1v) is 8.16. The van der Waals surface area contributed by atoms with E-state index in [1.165, 1.54) is 56.6 Å². The molecule has 2 fully saturated rings. The lowest BCUT2D eigenvalue weighted by atomic mass is 9.98. The quantitative estimate of drug-likeness (QED) is 0.901. The summed E-state index contributed by atoms with van der Waals surface area (Å²) in [5, 5.41) is 3.48. The van der Waals surface area contributed by atoms with Gasteiger partial charge in [-0.2, -0.15) is 0 Å². The number of piperazine rings is 1. The molecule has 1 aliphatic carbocycles. The zero-order valence-electron chi connectivity index (χ0n) is 12.3. The van der Waals surface area contributed by atoms with Crippen molar-refractivity contribution in [2.24, 2.45) is 0 Å². The first kappa shape index (κ1) is 12.8. The normalized spacial score (nSPS) is 24.6. The van der Waals surface area contributed by atoms with Crippen LogP contribution >= 0.6 is 0 Å². The van der Waals surface area contributed by atoms with E-state index in [0.717, 1.165) is 25.7 Å². The summed E-state index contributed by atoms with van der Waals surface area (Å²) in [5.74, 6) is 0. The smallest absolute Gasteiger partial charge is 0.0234 e. The van der Waals surface area contributed by atoms with Gasteiger partial charge < -0.3 is 5.32 Å². The molecule has 0 radical (unpaired) electrons. The first-order valence-electron chi connectivity index (χ1n) is 8.16. The lowest BCUT2D eigenvalue weighted by molar-refractivity contribution is 0.121. The number of nitrogens with zero attached hydrogens (tertiary/aromatic N) is 2. The monoisotopic (exact) mass is 271 g/mol. The molecule has 1 N–H and O–H groups in total. The van der Waals surface area contributed by atoms with Crippen LogP contribution in [0.25, 0.3) is 0 Å². The standard InChI is InChI=1S/C17H25N3/c1-2-15-5-6-18-12-16(15)11-14(1)13-19-7-9-20(10-8-19)17-3-4-17/h1-2,11,17-18H,3-10,12-13H2. The van der Waals surface area contributed by atoms with E-state index in [2.05, 4.69) is 33.3 Å². The molecule has 3 aliphatic rings. The van der Waals surface area contributed by atoms with Gasteiger partial charge in [-0.25, -0.2) is 0 Å². The van der Waals surface area contributed by atoms with Crippen molar-refractivity contribution in [3.05, 3.63) is 34.9 Å². The third-order valence-corrected chi connectivity index (χ3v) is 5.03. The highest BCUT2D eigenvalue weighted by atomic mass is 15.3. The van der Waals surface area contributed by atoms with Gasteiger partial charge in [-0.15, -0.1) is 0 Å². The molecule has 2 heterocycles. The molecule has 1 saturated carbocycles. The summed E-state index contributed by atoms with van der Waals surface area (Å²) in [6.45, 7) is 8.35. The van der Waals surface area contributed by atoms with E-state index < -0.39 is 0 Å². The molecule has 0 spiro atoms. The van der Waals surface area contributed by atoms with Gasteiger partial charge in [0.1, 0.15) is 0 Å². The summed E-state index contributed by atoms with van der Waals surface area (Å²) in [7, 11) is 0. The van der Waals surface area contributed by atoms with Crippen LogP contribution < -0.4 is 5.32 Å². The Morgan fingerprint density at radius 1 is 1.05 bits per heavy atom. The van der Waals surface area contributed by atoms with Crippen molar-refractivity contribution in [2.75, 3.05) is 32.7 Å². The van der Waals surface area contributed by atoms with E-state index >= 15 is 0 Å². The Labute approximate surface area is 121 Å². The lowest BCUT2D eigenvalue weighted by Gasteiger charge is -2.35. The van der Waals surface area contributed by atoms with E-state index in [1.54, 1.807) is 5.56 Å². The van der Waals surface area contributed by atoms with E-state index in [4.69, 9.17) is 0 Å². The van der Waals surface area contributed by atoms with Crippen molar-refractivity contribution in [1.29, 1.82) is 0 Å². The van der Waals surface area contributed by atoms with Crippen LogP contribution in [0.5, 0.6) is 0 Å². The summed E-state index contributed by atoms with van der Waals surface area (Å²) in [5.41, 5.74) is 4.56. The highest BCUT2D eigenvalue weighted by molar-refractivity contribution is 5.33. The third-order valence-electron chi connectivity index (χ3n) is 5.03. The Kier molecular flexibility index (Phi) is 3.51. The maximum atomic E-state index is 3.48. The molecular formula is C17H25N3. The van der Waals surface area contributed by atoms with Gasteiger partial charge in [0.25, 0.3) is 0 Å². The zero-order chi connectivity index (χ0) is 13.4. The first-order chi connectivity index (χ1) is 9.88. The predicted octanol–water partition coefficient (Wildman–Crippen LogP) is 1.61. The van der Waals surface area contributed by atoms with Crippen molar-refractivity contribution in [3.8, 4) is 0 Å². The van der Waals surface area contributed by atoms with Crippen molar-refractivity contribution in [2.45, 2.75) is 38.4 Å². The molecule has 3 heteroatoms. The average molecular weight is 271 g/mol. The minimum absolute atomic E-state index is 0.937. The van der Waals surface area contributed by atoms with Crippen molar-refractivity contribution < 1.29 is 0 Å². The summed E-state index contributed by atoms with van der Waals surface area (Å²) in [4.78, 5) is 5.31. The second-order valence-electron chi connectivity index (χ2n) is 6.57. The highest BCUT2D eigenvalue weighted by Gasteiger charge is 2.31. The topological polar surface area (TPSA) is 18.5 Å². The Hall–Kier alpha value is -0.900. The molecule has 108 valence electrons. The molecule has 0 bridgehead atoms. The Balaban J connectivity index is 1.37. The molecule has 0 aromatic heterocycles.